The molecule has 0 aliphatic carbocycles. The van der Waals surface area contributed by atoms with E-state index in [4.69, 9.17) is 5.11 Å². The van der Waals surface area contributed by atoms with Crippen molar-refractivity contribution in [1.82, 2.24) is 20.2 Å². The van der Waals surface area contributed by atoms with E-state index in [9.17, 15) is 9.59 Å². The van der Waals surface area contributed by atoms with Crippen LogP contribution in [0.4, 0.5) is 4.79 Å². The highest BCUT2D eigenvalue weighted by Crippen LogP contribution is 2.15. The van der Waals surface area contributed by atoms with Crippen LogP contribution >= 0.6 is 0 Å². The predicted octanol–water partition coefficient (Wildman–Crippen LogP) is 0.0683. The van der Waals surface area contributed by atoms with E-state index in [1.807, 2.05) is 0 Å². The minimum atomic E-state index is -0.836. The van der Waals surface area contributed by atoms with Crippen molar-refractivity contribution in [2.24, 2.45) is 5.92 Å². The summed E-state index contributed by atoms with van der Waals surface area (Å²) in [6.07, 6.45) is 5.04. The first-order valence-corrected chi connectivity index (χ1v) is 5.90. The zero-order valence-electron chi connectivity index (χ0n) is 9.93. The summed E-state index contributed by atoms with van der Waals surface area (Å²) in [5, 5.41) is 11.4. The Morgan fingerprint density at radius 3 is 2.94 bits per heavy atom. The molecular weight excluding hydrogens is 236 g/mol. The molecule has 2 rings (SSSR count). The van der Waals surface area contributed by atoms with Crippen LogP contribution in [0.25, 0.3) is 0 Å². The van der Waals surface area contributed by atoms with Gasteiger partial charge in [0, 0.05) is 38.4 Å². The second-order valence-corrected chi connectivity index (χ2v) is 4.31. The Balaban J connectivity index is 1.57. The lowest BCUT2D eigenvalue weighted by Crippen LogP contribution is -2.56. The third kappa shape index (κ3) is 2.99. The maximum atomic E-state index is 11.6. The summed E-state index contributed by atoms with van der Waals surface area (Å²) in [6, 6.07) is -0.188. The zero-order valence-corrected chi connectivity index (χ0v) is 9.93. The molecule has 2 heterocycles. The summed E-state index contributed by atoms with van der Waals surface area (Å²) in [7, 11) is 0. The van der Waals surface area contributed by atoms with Gasteiger partial charge in [-0.2, -0.15) is 0 Å². The van der Waals surface area contributed by atoms with E-state index in [-0.39, 0.29) is 6.03 Å². The minimum absolute atomic E-state index is 0.188. The van der Waals surface area contributed by atoms with Crippen LogP contribution in [-0.2, 0) is 11.2 Å². The van der Waals surface area contributed by atoms with Crippen molar-refractivity contribution in [3.63, 3.8) is 0 Å². The maximum absolute atomic E-state index is 11.6. The van der Waals surface area contributed by atoms with Crippen molar-refractivity contribution in [1.29, 1.82) is 0 Å². The number of H-pyrrole nitrogens is 1. The number of aromatic nitrogens is 2. The van der Waals surface area contributed by atoms with Crippen LogP contribution in [-0.4, -0.2) is 51.6 Å². The van der Waals surface area contributed by atoms with Crippen LogP contribution in [0.5, 0.6) is 0 Å². The van der Waals surface area contributed by atoms with E-state index in [0.29, 0.717) is 19.6 Å². The van der Waals surface area contributed by atoms with Crippen LogP contribution in [0, 0.1) is 5.92 Å². The maximum Gasteiger partial charge on any atom is 0.317 e. The number of carboxylic acid groups (broad SMARTS) is 1. The molecular formula is C11H16N4O3. The molecule has 0 bridgehead atoms. The van der Waals surface area contributed by atoms with Gasteiger partial charge in [0.2, 0.25) is 0 Å². The number of amides is 2. The van der Waals surface area contributed by atoms with Gasteiger partial charge in [0.15, 0.2) is 0 Å². The first-order valence-electron chi connectivity index (χ1n) is 5.90. The number of aromatic amines is 1. The molecule has 1 aromatic heterocycles. The van der Waals surface area contributed by atoms with Gasteiger partial charge in [0.05, 0.1) is 5.92 Å². The number of carbonyl (C=O) groups excluding carboxylic acids is 1. The number of hydrogen-bond acceptors (Lipinski definition) is 3. The summed E-state index contributed by atoms with van der Waals surface area (Å²) in [4.78, 5) is 30.7. The summed E-state index contributed by atoms with van der Waals surface area (Å²) in [5.74, 6) is -0.338. The lowest BCUT2D eigenvalue weighted by Gasteiger charge is -2.36. The molecule has 1 aliphatic rings. The molecule has 0 unspecified atom stereocenters. The molecule has 3 N–H and O–H groups in total. The van der Waals surface area contributed by atoms with Crippen LogP contribution < -0.4 is 5.32 Å². The number of nitrogens with zero attached hydrogens (tertiary/aromatic N) is 2. The molecule has 0 aromatic carbocycles. The van der Waals surface area contributed by atoms with Crippen molar-refractivity contribution in [3.05, 3.63) is 18.2 Å². The Kier molecular flexibility index (Phi) is 3.81. The minimum Gasteiger partial charge on any atom is -0.481 e. The largest absolute Gasteiger partial charge is 0.481 e. The molecule has 98 valence electrons. The molecule has 7 nitrogen and oxygen atoms in total. The molecule has 1 fully saturated rings. The smallest absolute Gasteiger partial charge is 0.317 e. The fraction of sp³-hybridized carbons (Fsp3) is 0.545. The number of hydrogen-bond donors (Lipinski definition) is 3. The zero-order chi connectivity index (χ0) is 13.0. The summed E-state index contributed by atoms with van der Waals surface area (Å²) >= 11 is 0. The summed E-state index contributed by atoms with van der Waals surface area (Å²) in [5.41, 5.74) is 0. The van der Waals surface area contributed by atoms with Crippen molar-refractivity contribution >= 4 is 12.0 Å². The quantitative estimate of drug-likeness (QED) is 0.646. The number of aliphatic carboxylic acids is 1. The van der Waals surface area contributed by atoms with Crippen LogP contribution in [0.3, 0.4) is 0 Å². The van der Waals surface area contributed by atoms with Gasteiger partial charge in [0.1, 0.15) is 5.82 Å². The number of carboxylic acids is 1. The van der Waals surface area contributed by atoms with Crippen LogP contribution in [0.1, 0.15) is 12.2 Å². The van der Waals surface area contributed by atoms with Crippen LogP contribution in [0.15, 0.2) is 12.4 Å². The molecule has 0 spiro atoms. The number of carbonyl (C=O) groups is 2. The molecule has 1 saturated heterocycles. The highest BCUT2D eigenvalue weighted by atomic mass is 16.4. The molecule has 0 atom stereocenters. The fourth-order valence-electron chi connectivity index (χ4n) is 1.80. The third-order valence-electron chi connectivity index (χ3n) is 2.94. The highest BCUT2D eigenvalue weighted by molar-refractivity contribution is 5.79. The summed E-state index contributed by atoms with van der Waals surface area (Å²) in [6.45, 7) is 1.17. The molecule has 1 aliphatic heterocycles. The van der Waals surface area contributed by atoms with Gasteiger partial charge < -0.3 is 20.3 Å². The second-order valence-electron chi connectivity index (χ2n) is 4.31. The first kappa shape index (κ1) is 12.4. The van der Waals surface area contributed by atoms with E-state index in [1.165, 1.54) is 4.90 Å². The Morgan fingerprint density at radius 1 is 1.56 bits per heavy atom. The molecule has 0 saturated carbocycles. The molecule has 18 heavy (non-hydrogen) atoms. The van der Waals surface area contributed by atoms with Gasteiger partial charge in [-0.1, -0.05) is 0 Å². The molecule has 7 heteroatoms. The molecule has 1 aromatic rings. The number of aryl methyl sites for hydroxylation is 1. The van der Waals surface area contributed by atoms with E-state index in [2.05, 4.69) is 15.3 Å². The number of likely N-dealkylation sites (tertiary alicyclic amines) is 1. The van der Waals surface area contributed by atoms with Gasteiger partial charge >= 0.3 is 12.0 Å². The number of rotatable bonds is 5. The van der Waals surface area contributed by atoms with Gasteiger partial charge in [-0.3, -0.25) is 4.79 Å². The van der Waals surface area contributed by atoms with Crippen molar-refractivity contribution < 1.29 is 14.7 Å². The number of urea groups is 1. The molecule has 0 radical (unpaired) electrons. The average molecular weight is 252 g/mol. The Labute approximate surface area is 104 Å². The van der Waals surface area contributed by atoms with E-state index >= 15 is 0 Å². The average Bonchev–Trinajstić information content (AvgIpc) is 2.74. The van der Waals surface area contributed by atoms with Crippen LogP contribution in [0.2, 0.25) is 0 Å². The Hall–Kier alpha value is -2.05. The van der Waals surface area contributed by atoms with E-state index < -0.39 is 11.9 Å². The standard InChI is InChI=1S/C11H16N4O3/c16-10(17)8-6-15(7-8)11(18)14-3-1-2-9-12-4-5-13-9/h4-5,8H,1-3,6-7H2,(H,12,13)(H,14,18)(H,16,17). The Morgan fingerprint density at radius 2 is 2.33 bits per heavy atom. The summed E-state index contributed by atoms with van der Waals surface area (Å²) < 4.78 is 0. The van der Waals surface area contributed by atoms with Crippen molar-refractivity contribution in [2.75, 3.05) is 19.6 Å². The van der Waals surface area contributed by atoms with Gasteiger partial charge in [-0.15, -0.1) is 0 Å². The topological polar surface area (TPSA) is 98.3 Å². The third-order valence-corrected chi connectivity index (χ3v) is 2.94. The fourth-order valence-corrected chi connectivity index (χ4v) is 1.80. The van der Waals surface area contributed by atoms with Crippen molar-refractivity contribution in [3.8, 4) is 0 Å². The predicted molar refractivity (Wildman–Crippen MR) is 63.0 cm³/mol. The number of nitrogens with one attached hydrogen (secondary N) is 2. The van der Waals surface area contributed by atoms with Gasteiger partial charge in [-0.05, 0) is 6.42 Å². The van der Waals surface area contributed by atoms with E-state index in [0.717, 1.165) is 18.7 Å². The first-order chi connectivity index (χ1) is 8.66. The van der Waals surface area contributed by atoms with Gasteiger partial charge in [-0.25, -0.2) is 9.78 Å². The van der Waals surface area contributed by atoms with Crippen molar-refractivity contribution in [2.45, 2.75) is 12.8 Å². The number of imidazole rings is 1. The SMILES string of the molecule is O=C(O)C1CN(C(=O)NCCCc2ncc[nH]2)C1. The lowest BCUT2D eigenvalue weighted by atomic mass is 10.0. The monoisotopic (exact) mass is 252 g/mol. The second kappa shape index (κ2) is 5.52. The van der Waals surface area contributed by atoms with E-state index in [1.54, 1.807) is 12.4 Å². The highest BCUT2D eigenvalue weighted by Gasteiger charge is 2.35. The normalized spacial score (nSPS) is 15.2. The molecule has 2 amide bonds. The van der Waals surface area contributed by atoms with Gasteiger partial charge in [0.25, 0.3) is 0 Å². The Bertz CT molecular complexity index is 412. The lowest BCUT2D eigenvalue weighted by molar-refractivity contribution is -0.146.